The van der Waals surface area contributed by atoms with Gasteiger partial charge in [0.2, 0.25) is 0 Å². The smallest absolute Gasteiger partial charge is 0.0488 e. The van der Waals surface area contributed by atoms with Gasteiger partial charge in [0.05, 0.1) is 0 Å². The van der Waals surface area contributed by atoms with Gasteiger partial charge in [-0.3, -0.25) is 0 Å². The average molecular weight is 446 g/mol. The van der Waals surface area contributed by atoms with Gasteiger partial charge in [0, 0.05) is 17.4 Å². The van der Waals surface area contributed by atoms with E-state index in [0.717, 1.165) is 21.4 Å². The van der Waals surface area contributed by atoms with Crippen molar-refractivity contribution in [3.05, 3.63) is 95.1 Å². The van der Waals surface area contributed by atoms with E-state index < -0.39 is 0 Å². The SMILES string of the molecule is CCCC(C)c1ccccc1C(CC)Pc1ccccc1NC(C)c1ccccc1CC. The van der Waals surface area contributed by atoms with Gasteiger partial charge < -0.3 is 5.32 Å². The molecular formula is C30H40NP. The third-order valence-corrected chi connectivity index (χ3v) is 8.38. The molecule has 0 radical (unpaired) electrons. The molecule has 0 spiro atoms. The molecule has 0 aliphatic carbocycles. The largest absolute Gasteiger partial charge is 0.378 e. The summed E-state index contributed by atoms with van der Waals surface area (Å²) in [5.74, 6) is 0.619. The Labute approximate surface area is 197 Å². The standard InChI is InChI=1S/C30H40NP/c1-6-15-22(4)25-17-11-12-19-27(25)29(8-3)32-30-21-14-13-20-28(30)31-23(5)26-18-10-9-16-24(26)7-2/h9-14,16-23,29,31-32H,6-8,15H2,1-5H3. The lowest BCUT2D eigenvalue weighted by molar-refractivity contribution is 0.655. The highest BCUT2D eigenvalue weighted by Crippen LogP contribution is 2.42. The van der Waals surface area contributed by atoms with Crippen molar-refractivity contribution in [1.29, 1.82) is 0 Å². The molecule has 0 aromatic heterocycles. The van der Waals surface area contributed by atoms with Crippen LogP contribution in [0.2, 0.25) is 0 Å². The Balaban J connectivity index is 1.86. The first-order valence-electron chi connectivity index (χ1n) is 12.4. The molecule has 4 atom stereocenters. The molecule has 0 saturated carbocycles. The quantitative estimate of drug-likeness (QED) is 0.291. The van der Waals surface area contributed by atoms with E-state index in [1.54, 1.807) is 11.1 Å². The van der Waals surface area contributed by atoms with E-state index in [-0.39, 0.29) is 6.04 Å². The summed E-state index contributed by atoms with van der Waals surface area (Å²) in [6.45, 7) is 11.5. The molecule has 0 fully saturated rings. The minimum atomic E-state index is 0.286. The lowest BCUT2D eigenvalue weighted by Gasteiger charge is -2.25. The molecule has 0 heterocycles. The summed E-state index contributed by atoms with van der Waals surface area (Å²) >= 11 is 0. The second-order valence-corrected chi connectivity index (χ2v) is 10.4. The monoisotopic (exact) mass is 445 g/mol. The van der Waals surface area contributed by atoms with Gasteiger partial charge in [-0.25, -0.2) is 0 Å². The Bertz CT molecular complexity index is 980. The Morgan fingerprint density at radius 1 is 0.750 bits per heavy atom. The van der Waals surface area contributed by atoms with Crippen molar-refractivity contribution in [2.45, 2.75) is 77.9 Å². The topological polar surface area (TPSA) is 12.0 Å². The zero-order valence-electron chi connectivity index (χ0n) is 20.5. The molecule has 4 unspecified atom stereocenters. The van der Waals surface area contributed by atoms with Gasteiger partial charge in [0.25, 0.3) is 0 Å². The lowest BCUT2D eigenvalue weighted by Crippen LogP contribution is -2.15. The number of hydrogen-bond donors (Lipinski definition) is 1. The molecule has 3 aromatic carbocycles. The maximum atomic E-state index is 3.85. The summed E-state index contributed by atoms with van der Waals surface area (Å²) in [5.41, 5.74) is 7.77. The molecule has 32 heavy (non-hydrogen) atoms. The van der Waals surface area contributed by atoms with Crippen LogP contribution in [0.4, 0.5) is 5.69 Å². The molecule has 2 heteroatoms. The minimum absolute atomic E-state index is 0.286. The van der Waals surface area contributed by atoms with E-state index in [1.165, 1.54) is 35.0 Å². The number of rotatable bonds is 11. The summed E-state index contributed by atoms with van der Waals surface area (Å²) in [4.78, 5) is 0. The van der Waals surface area contributed by atoms with Crippen LogP contribution < -0.4 is 10.6 Å². The van der Waals surface area contributed by atoms with Gasteiger partial charge >= 0.3 is 0 Å². The summed E-state index contributed by atoms with van der Waals surface area (Å²) in [6, 6.07) is 27.2. The van der Waals surface area contributed by atoms with Gasteiger partial charge in [-0.1, -0.05) is 109 Å². The van der Waals surface area contributed by atoms with Crippen LogP contribution in [0.15, 0.2) is 72.8 Å². The van der Waals surface area contributed by atoms with Crippen molar-refractivity contribution in [2.75, 3.05) is 5.32 Å². The fourth-order valence-corrected chi connectivity index (χ4v) is 6.28. The van der Waals surface area contributed by atoms with Crippen LogP contribution in [-0.2, 0) is 6.42 Å². The first-order valence-corrected chi connectivity index (χ1v) is 13.4. The van der Waals surface area contributed by atoms with Gasteiger partial charge in [-0.15, -0.1) is 0 Å². The van der Waals surface area contributed by atoms with Gasteiger partial charge in [-0.05, 0) is 65.7 Å². The first-order chi connectivity index (χ1) is 15.6. The van der Waals surface area contributed by atoms with Crippen molar-refractivity contribution >= 4 is 19.6 Å². The third-order valence-electron chi connectivity index (χ3n) is 6.56. The Morgan fingerprint density at radius 2 is 1.38 bits per heavy atom. The Morgan fingerprint density at radius 3 is 2.06 bits per heavy atom. The maximum absolute atomic E-state index is 3.85. The maximum Gasteiger partial charge on any atom is 0.0488 e. The highest BCUT2D eigenvalue weighted by atomic mass is 31.1. The van der Waals surface area contributed by atoms with E-state index in [4.69, 9.17) is 0 Å². The average Bonchev–Trinajstić information content (AvgIpc) is 2.83. The van der Waals surface area contributed by atoms with E-state index in [2.05, 4.69) is 113 Å². The normalized spacial score (nSPS) is 14.4. The van der Waals surface area contributed by atoms with Gasteiger partial charge in [-0.2, -0.15) is 0 Å². The highest BCUT2D eigenvalue weighted by Gasteiger charge is 2.19. The molecule has 0 saturated heterocycles. The van der Waals surface area contributed by atoms with E-state index in [0.29, 0.717) is 11.6 Å². The first kappa shape index (κ1) is 24.5. The fraction of sp³-hybridized carbons (Fsp3) is 0.400. The second kappa shape index (κ2) is 12.2. The number of para-hydroxylation sites is 1. The van der Waals surface area contributed by atoms with Crippen LogP contribution in [0.5, 0.6) is 0 Å². The fourth-order valence-electron chi connectivity index (χ4n) is 4.78. The van der Waals surface area contributed by atoms with Crippen molar-refractivity contribution in [3.63, 3.8) is 0 Å². The lowest BCUT2D eigenvalue weighted by atomic mass is 9.90. The molecule has 0 amide bonds. The highest BCUT2D eigenvalue weighted by molar-refractivity contribution is 7.48. The van der Waals surface area contributed by atoms with Crippen LogP contribution >= 0.6 is 8.58 Å². The zero-order valence-corrected chi connectivity index (χ0v) is 21.5. The van der Waals surface area contributed by atoms with Crippen LogP contribution in [0.25, 0.3) is 0 Å². The van der Waals surface area contributed by atoms with Crippen molar-refractivity contribution in [2.24, 2.45) is 0 Å². The molecule has 0 aliphatic rings. The molecule has 3 rings (SSSR count). The van der Waals surface area contributed by atoms with E-state index in [9.17, 15) is 0 Å². The van der Waals surface area contributed by atoms with Crippen LogP contribution in [0.3, 0.4) is 0 Å². The number of hydrogen-bond acceptors (Lipinski definition) is 1. The van der Waals surface area contributed by atoms with E-state index in [1.807, 2.05) is 0 Å². The molecule has 0 aliphatic heterocycles. The summed E-state index contributed by atoms with van der Waals surface area (Å²) in [5, 5.41) is 5.29. The number of benzene rings is 3. The van der Waals surface area contributed by atoms with Crippen molar-refractivity contribution in [1.82, 2.24) is 0 Å². The van der Waals surface area contributed by atoms with Gasteiger partial charge in [0.15, 0.2) is 0 Å². The predicted octanol–water partition coefficient (Wildman–Crippen LogP) is 8.78. The summed E-state index contributed by atoms with van der Waals surface area (Å²) in [7, 11) is 0.755. The zero-order chi connectivity index (χ0) is 22.9. The molecule has 0 bridgehead atoms. The minimum Gasteiger partial charge on any atom is -0.378 e. The molecular weight excluding hydrogens is 405 g/mol. The van der Waals surface area contributed by atoms with E-state index >= 15 is 0 Å². The van der Waals surface area contributed by atoms with Gasteiger partial charge in [0.1, 0.15) is 0 Å². The molecule has 3 aromatic rings. The molecule has 1 N–H and O–H groups in total. The Hall–Kier alpha value is -2.11. The van der Waals surface area contributed by atoms with Crippen LogP contribution in [0, 0.1) is 0 Å². The second-order valence-electron chi connectivity index (χ2n) is 8.89. The van der Waals surface area contributed by atoms with Crippen LogP contribution in [-0.4, -0.2) is 0 Å². The number of anilines is 1. The third kappa shape index (κ3) is 6.02. The molecule has 1 nitrogen and oxygen atoms in total. The summed E-state index contributed by atoms with van der Waals surface area (Å²) < 4.78 is 0. The van der Waals surface area contributed by atoms with Crippen molar-refractivity contribution in [3.8, 4) is 0 Å². The van der Waals surface area contributed by atoms with Crippen LogP contribution in [0.1, 0.15) is 93.8 Å². The predicted molar refractivity (Wildman–Crippen MR) is 145 cm³/mol. The summed E-state index contributed by atoms with van der Waals surface area (Å²) in [6.07, 6.45) is 4.72. The number of aryl methyl sites for hydroxylation is 1. The van der Waals surface area contributed by atoms with Crippen molar-refractivity contribution < 1.29 is 0 Å². The molecule has 170 valence electrons. The Kier molecular flexibility index (Phi) is 9.36. The number of nitrogens with one attached hydrogen (secondary N) is 1.